The summed E-state index contributed by atoms with van der Waals surface area (Å²) in [5.41, 5.74) is 1.86. The summed E-state index contributed by atoms with van der Waals surface area (Å²) in [5.74, 6) is 0.384. The van der Waals surface area contributed by atoms with E-state index in [4.69, 9.17) is 4.74 Å². The number of H-pyrrole nitrogens is 1. The highest BCUT2D eigenvalue weighted by Crippen LogP contribution is 2.21. The molecule has 1 N–H and O–H groups in total. The zero-order valence-corrected chi connectivity index (χ0v) is 14.3. The molecule has 2 aromatic heterocycles. The van der Waals surface area contributed by atoms with Gasteiger partial charge in [-0.3, -0.25) is 14.6 Å². The van der Waals surface area contributed by atoms with Gasteiger partial charge in [0, 0.05) is 35.5 Å². The molecule has 3 aromatic rings. The first-order chi connectivity index (χ1) is 12.6. The second-order valence-electron chi connectivity index (χ2n) is 6.29. The molecule has 7 nitrogen and oxygen atoms in total. The van der Waals surface area contributed by atoms with E-state index in [2.05, 4.69) is 15.0 Å². The fourth-order valence-corrected chi connectivity index (χ4v) is 3.15. The van der Waals surface area contributed by atoms with Crippen LogP contribution in [0.1, 0.15) is 28.0 Å². The summed E-state index contributed by atoms with van der Waals surface area (Å²) in [6.07, 6.45) is 1.29. The van der Waals surface area contributed by atoms with E-state index in [1.807, 2.05) is 24.3 Å². The minimum atomic E-state index is -0.442. The molecule has 1 fully saturated rings. The first-order valence-corrected chi connectivity index (χ1v) is 8.44. The number of benzene rings is 1. The summed E-state index contributed by atoms with van der Waals surface area (Å²) in [6.45, 7) is 2.99. The van der Waals surface area contributed by atoms with Gasteiger partial charge in [-0.25, -0.2) is 4.98 Å². The Hall–Kier alpha value is -3.06. The lowest BCUT2D eigenvalue weighted by Gasteiger charge is -2.32. The van der Waals surface area contributed by atoms with Gasteiger partial charge in [-0.15, -0.1) is 0 Å². The number of nitrogens with zero attached hydrogens (tertiary/aromatic N) is 3. The average Bonchev–Trinajstić information content (AvgIpc) is 2.66. The Bertz CT molecular complexity index is 1030. The largest absolute Gasteiger partial charge is 0.367 e. The van der Waals surface area contributed by atoms with Crippen LogP contribution in [0.2, 0.25) is 0 Å². The van der Waals surface area contributed by atoms with Crippen LogP contribution in [0.15, 0.2) is 47.4 Å². The summed E-state index contributed by atoms with van der Waals surface area (Å²) in [4.78, 5) is 37.6. The maximum Gasteiger partial charge on any atom is 0.254 e. The van der Waals surface area contributed by atoms with E-state index in [-0.39, 0.29) is 11.5 Å². The van der Waals surface area contributed by atoms with Crippen molar-refractivity contribution in [3.8, 4) is 0 Å². The molecular weight excluding hydrogens is 332 g/mol. The molecule has 4 rings (SSSR count). The van der Waals surface area contributed by atoms with Crippen molar-refractivity contribution in [2.75, 3.05) is 19.7 Å². The summed E-state index contributed by atoms with van der Waals surface area (Å²) >= 11 is 0. The van der Waals surface area contributed by atoms with E-state index in [1.165, 1.54) is 6.07 Å². The summed E-state index contributed by atoms with van der Waals surface area (Å²) in [6, 6.07) is 10.7. The van der Waals surface area contributed by atoms with Crippen LogP contribution in [-0.2, 0) is 4.74 Å². The second-order valence-corrected chi connectivity index (χ2v) is 6.29. The predicted molar refractivity (Wildman–Crippen MR) is 95.9 cm³/mol. The van der Waals surface area contributed by atoms with Crippen LogP contribution in [-0.4, -0.2) is 45.5 Å². The highest BCUT2D eigenvalue weighted by Gasteiger charge is 2.27. The molecule has 132 valence electrons. The first-order valence-electron chi connectivity index (χ1n) is 8.44. The molecule has 26 heavy (non-hydrogen) atoms. The van der Waals surface area contributed by atoms with Gasteiger partial charge in [0.2, 0.25) is 0 Å². The van der Waals surface area contributed by atoms with Gasteiger partial charge >= 0.3 is 0 Å². The fourth-order valence-electron chi connectivity index (χ4n) is 3.15. The van der Waals surface area contributed by atoms with Gasteiger partial charge in [-0.2, -0.15) is 0 Å². The monoisotopic (exact) mass is 350 g/mol. The van der Waals surface area contributed by atoms with E-state index in [0.717, 1.165) is 10.9 Å². The van der Waals surface area contributed by atoms with Gasteiger partial charge < -0.3 is 14.6 Å². The van der Waals surface area contributed by atoms with E-state index in [9.17, 15) is 9.59 Å². The van der Waals surface area contributed by atoms with Crippen molar-refractivity contribution in [3.63, 3.8) is 0 Å². The van der Waals surface area contributed by atoms with Gasteiger partial charge in [-0.05, 0) is 31.2 Å². The zero-order valence-electron chi connectivity index (χ0n) is 14.3. The SMILES string of the molecule is Cc1cc(=O)[nH]c([C@@H]2CN(C(=O)c3ccc4ncccc4c3)CCO2)n1. The van der Waals surface area contributed by atoms with Crippen molar-refractivity contribution in [1.29, 1.82) is 0 Å². The lowest BCUT2D eigenvalue weighted by Crippen LogP contribution is -2.43. The number of carbonyl (C=O) groups is 1. The number of hydrogen-bond donors (Lipinski definition) is 1. The molecule has 0 unspecified atom stereocenters. The Morgan fingerprint density at radius 2 is 2.19 bits per heavy atom. The quantitative estimate of drug-likeness (QED) is 0.762. The van der Waals surface area contributed by atoms with Crippen LogP contribution in [0.3, 0.4) is 0 Å². The molecule has 0 radical (unpaired) electrons. The van der Waals surface area contributed by atoms with Gasteiger partial charge in [0.05, 0.1) is 18.7 Å². The summed E-state index contributed by atoms with van der Waals surface area (Å²) in [7, 11) is 0. The van der Waals surface area contributed by atoms with Gasteiger partial charge in [-0.1, -0.05) is 6.07 Å². The number of pyridine rings is 1. The Labute approximate surface area is 149 Å². The zero-order chi connectivity index (χ0) is 18.1. The first kappa shape index (κ1) is 16.4. The van der Waals surface area contributed by atoms with Crippen molar-refractivity contribution in [1.82, 2.24) is 19.9 Å². The standard InChI is InChI=1S/C19H18N4O3/c1-12-9-17(24)22-18(21-12)16-11-23(7-8-26-16)19(25)14-4-5-15-13(10-14)3-2-6-20-15/h2-6,9-10,16H,7-8,11H2,1H3,(H,21,22,24)/t16-/m0/s1. The maximum atomic E-state index is 12.9. The van der Waals surface area contributed by atoms with Crippen molar-refractivity contribution >= 4 is 16.8 Å². The number of aromatic nitrogens is 3. The maximum absolute atomic E-state index is 12.9. The van der Waals surface area contributed by atoms with E-state index in [1.54, 1.807) is 24.1 Å². The number of carbonyl (C=O) groups excluding carboxylic acids is 1. The van der Waals surface area contributed by atoms with Crippen LogP contribution < -0.4 is 5.56 Å². The van der Waals surface area contributed by atoms with E-state index < -0.39 is 6.10 Å². The molecular formula is C19H18N4O3. The van der Waals surface area contributed by atoms with Crippen LogP contribution >= 0.6 is 0 Å². The predicted octanol–water partition coefficient (Wildman–Crippen LogP) is 1.84. The fraction of sp³-hybridized carbons (Fsp3) is 0.263. The molecule has 1 atom stereocenters. The number of ether oxygens (including phenoxy) is 1. The van der Waals surface area contributed by atoms with Crippen molar-refractivity contribution in [3.05, 3.63) is 70.0 Å². The Morgan fingerprint density at radius 1 is 1.31 bits per heavy atom. The molecule has 1 aliphatic heterocycles. The molecule has 1 saturated heterocycles. The number of nitrogens with one attached hydrogen (secondary N) is 1. The summed E-state index contributed by atoms with van der Waals surface area (Å²) < 4.78 is 5.72. The topological polar surface area (TPSA) is 88.2 Å². The molecule has 1 aromatic carbocycles. The highest BCUT2D eigenvalue weighted by atomic mass is 16.5. The van der Waals surface area contributed by atoms with Gasteiger partial charge in [0.1, 0.15) is 11.9 Å². The second kappa shape index (κ2) is 6.68. The minimum Gasteiger partial charge on any atom is -0.367 e. The molecule has 3 heterocycles. The van der Waals surface area contributed by atoms with Gasteiger partial charge in [0.25, 0.3) is 11.5 Å². The number of fused-ring (bicyclic) bond motifs is 1. The molecule has 7 heteroatoms. The minimum absolute atomic E-state index is 0.0703. The third kappa shape index (κ3) is 3.21. The number of amides is 1. The number of morpholine rings is 1. The molecule has 1 aliphatic rings. The van der Waals surface area contributed by atoms with Crippen LogP contribution in [0, 0.1) is 6.92 Å². The lowest BCUT2D eigenvalue weighted by molar-refractivity contribution is -0.0269. The van der Waals surface area contributed by atoms with E-state index in [0.29, 0.717) is 36.8 Å². The third-order valence-corrected chi connectivity index (χ3v) is 4.40. The van der Waals surface area contributed by atoms with Gasteiger partial charge in [0.15, 0.2) is 0 Å². The van der Waals surface area contributed by atoms with Crippen LogP contribution in [0.25, 0.3) is 10.9 Å². The normalized spacial score (nSPS) is 17.4. The molecule has 0 saturated carbocycles. The average molecular weight is 350 g/mol. The van der Waals surface area contributed by atoms with Crippen molar-refractivity contribution in [2.24, 2.45) is 0 Å². The number of rotatable bonds is 2. The smallest absolute Gasteiger partial charge is 0.254 e. The highest BCUT2D eigenvalue weighted by molar-refractivity contribution is 5.98. The lowest BCUT2D eigenvalue weighted by atomic mass is 10.1. The number of hydrogen-bond acceptors (Lipinski definition) is 5. The van der Waals surface area contributed by atoms with Crippen molar-refractivity contribution in [2.45, 2.75) is 13.0 Å². The number of aromatic amines is 1. The molecule has 0 bridgehead atoms. The van der Waals surface area contributed by atoms with Crippen LogP contribution in [0.5, 0.6) is 0 Å². The third-order valence-electron chi connectivity index (χ3n) is 4.40. The Kier molecular flexibility index (Phi) is 4.22. The Morgan fingerprint density at radius 3 is 3.04 bits per heavy atom. The molecule has 0 spiro atoms. The molecule has 1 amide bonds. The number of aryl methyl sites for hydroxylation is 1. The van der Waals surface area contributed by atoms with Crippen LogP contribution in [0.4, 0.5) is 0 Å². The van der Waals surface area contributed by atoms with Crippen molar-refractivity contribution < 1.29 is 9.53 Å². The van der Waals surface area contributed by atoms with E-state index >= 15 is 0 Å². The Balaban J connectivity index is 1.58. The summed E-state index contributed by atoms with van der Waals surface area (Å²) in [5, 5.41) is 0.924. The molecule has 0 aliphatic carbocycles.